The zero-order valence-electron chi connectivity index (χ0n) is 22.2. The van der Waals surface area contributed by atoms with Gasteiger partial charge in [-0.3, -0.25) is 9.78 Å². The third-order valence-electron chi connectivity index (χ3n) is 8.56. The smallest absolute Gasteiger partial charge is 0.294 e. The molecule has 1 saturated carbocycles. The highest BCUT2D eigenvalue weighted by molar-refractivity contribution is 5.99. The largest absolute Gasteiger partial charge is 0.402 e. The van der Waals surface area contributed by atoms with Crippen molar-refractivity contribution in [1.82, 2.24) is 4.98 Å². The van der Waals surface area contributed by atoms with Gasteiger partial charge in [0.2, 0.25) is 0 Å². The molecular weight excluding hydrogens is 485 g/mol. The van der Waals surface area contributed by atoms with Gasteiger partial charge in [-0.2, -0.15) is 18.4 Å². The van der Waals surface area contributed by atoms with E-state index in [0.29, 0.717) is 29.5 Å². The first-order valence-corrected chi connectivity index (χ1v) is 13.3. The second kappa shape index (κ2) is 11.2. The van der Waals surface area contributed by atoms with Crippen molar-refractivity contribution in [1.29, 1.82) is 5.26 Å². The third kappa shape index (κ3) is 5.56. The Morgan fingerprint density at radius 2 is 1.84 bits per heavy atom. The van der Waals surface area contributed by atoms with Gasteiger partial charge in [-0.1, -0.05) is 57.1 Å². The predicted octanol–water partition coefficient (Wildman–Crippen LogP) is 8.22. The number of benzene rings is 1. The van der Waals surface area contributed by atoms with E-state index >= 15 is 0 Å². The Kier molecular flexibility index (Phi) is 8.12. The fourth-order valence-corrected chi connectivity index (χ4v) is 6.15. The molecule has 1 fully saturated rings. The van der Waals surface area contributed by atoms with E-state index in [1.165, 1.54) is 55.5 Å². The average molecular weight is 519 g/mol. The molecule has 3 atom stereocenters. The summed E-state index contributed by atoms with van der Waals surface area (Å²) >= 11 is 0. The fourth-order valence-electron chi connectivity index (χ4n) is 6.15. The molecule has 6 heteroatoms. The van der Waals surface area contributed by atoms with Gasteiger partial charge < -0.3 is 0 Å². The number of ketones is 1. The number of carbonyl (C=O) groups excluding carboxylic acids is 1. The average Bonchev–Trinajstić information content (AvgIpc) is 3.01. The molecule has 1 heterocycles. The maximum Gasteiger partial charge on any atom is 0.402 e. The van der Waals surface area contributed by atoms with Crippen molar-refractivity contribution in [3.63, 3.8) is 0 Å². The first-order valence-electron chi connectivity index (χ1n) is 13.3. The number of alkyl halides is 3. The first kappa shape index (κ1) is 27.6. The Morgan fingerprint density at radius 1 is 1.16 bits per heavy atom. The van der Waals surface area contributed by atoms with Crippen molar-refractivity contribution >= 4 is 16.9 Å². The van der Waals surface area contributed by atoms with Crippen LogP contribution in [0.1, 0.15) is 96.1 Å². The summed E-state index contributed by atoms with van der Waals surface area (Å²) in [6, 6.07) is 9.93. The molecule has 0 aliphatic heterocycles. The molecule has 0 amide bonds. The molecule has 3 nitrogen and oxygen atoms in total. The molecule has 198 valence electrons. The van der Waals surface area contributed by atoms with Gasteiger partial charge in [0.25, 0.3) is 0 Å². The van der Waals surface area contributed by atoms with Gasteiger partial charge >= 0.3 is 6.18 Å². The molecule has 0 bridgehead atoms. The number of pyridine rings is 1. The van der Waals surface area contributed by atoms with Gasteiger partial charge in [0.05, 0.1) is 11.3 Å². The quantitative estimate of drug-likeness (QED) is 0.296. The summed E-state index contributed by atoms with van der Waals surface area (Å²) in [7, 11) is 0. The van der Waals surface area contributed by atoms with Crippen LogP contribution in [0.3, 0.4) is 0 Å². The van der Waals surface area contributed by atoms with Gasteiger partial charge in [0.15, 0.2) is 5.78 Å². The topological polar surface area (TPSA) is 53.8 Å². The molecule has 2 aliphatic rings. The Morgan fingerprint density at radius 3 is 2.42 bits per heavy atom. The van der Waals surface area contributed by atoms with Gasteiger partial charge in [0.1, 0.15) is 12.0 Å². The summed E-state index contributed by atoms with van der Waals surface area (Å²) in [5, 5.41) is 10.4. The van der Waals surface area contributed by atoms with Crippen LogP contribution in [0.15, 0.2) is 30.5 Å². The van der Waals surface area contributed by atoms with E-state index in [1.54, 1.807) is 12.0 Å². The standard InChI is InChI=1S/C32H33F3N2O/c1-5-24(32(33,34)35)15-31(38)23-11-12-30(37-18-23)28-16-25(22-9-7-6-8-10-22)21(4)26-13-19(2)20(3)14-27(26)29(28)17-36/h1,11-14,18,21-22,24-25H,6-10,15-16H2,2-4H3. The highest BCUT2D eigenvalue weighted by Crippen LogP contribution is 2.49. The molecule has 3 unspecified atom stereocenters. The number of carbonyl (C=O) groups is 1. The molecule has 0 spiro atoms. The van der Waals surface area contributed by atoms with Crippen LogP contribution in [0, 0.1) is 55.3 Å². The maximum absolute atomic E-state index is 13.1. The zero-order valence-corrected chi connectivity index (χ0v) is 22.2. The minimum Gasteiger partial charge on any atom is -0.294 e. The van der Waals surface area contributed by atoms with Crippen LogP contribution in [0.5, 0.6) is 0 Å². The van der Waals surface area contributed by atoms with Crippen molar-refractivity contribution in [2.24, 2.45) is 17.8 Å². The molecule has 4 rings (SSSR count). The number of hydrogen-bond donors (Lipinski definition) is 0. The Bertz CT molecular complexity index is 1320. The van der Waals surface area contributed by atoms with Gasteiger partial charge in [0, 0.05) is 18.2 Å². The number of nitrogens with zero attached hydrogens (tertiary/aromatic N) is 2. The fraction of sp³-hybridized carbons (Fsp3) is 0.469. The van der Waals surface area contributed by atoms with Crippen molar-refractivity contribution < 1.29 is 18.0 Å². The number of terminal acetylenes is 1. The van der Waals surface area contributed by atoms with Crippen molar-refractivity contribution in [2.75, 3.05) is 0 Å². The second-order valence-corrected chi connectivity index (χ2v) is 10.9. The van der Waals surface area contributed by atoms with Crippen LogP contribution in [-0.2, 0) is 0 Å². The molecule has 2 aromatic rings. The molecule has 2 aliphatic carbocycles. The summed E-state index contributed by atoms with van der Waals surface area (Å²) in [5.41, 5.74) is 6.52. The van der Waals surface area contributed by atoms with Crippen LogP contribution < -0.4 is 0 Å². The minimum absolute atomic E-state index is 0.0787. The van der Waals surface area contributed by atoms with Gasteiger partial charge in [-0.25, -0.2) is 0 Å². The number of hydrogen-bond acceptors (Lipinski definition) is 3. The third-order valence-corrected chi connectivity index (χ3v) is 8.56. The van der Waals surface area contributed by atoms with Gasteiger partial charge in [-0.05, 0) is 78.0 Å². The minimum atomic E-state index is -4.64. The normalized spacial score (nSPS) is 21.2. The van der Waals surface area contributed by atoms with Crippen LogP contribution in [-0.4, -0.2) is 16.9 Å². The molecular formula is C32H33F3N2O. The van der Waals surface area contributed by atoms with Crippen LogP contribution in [0.25, 0.3) is 11.1 Å². The summed E-state index contributed by atoms with van der Waals surface area (Å²) < 4.78 is 39.2. The number of Topliss-reactive ketones (excluding diaryl/α,β-unsaturated/α-hetero) is 1. The van der Waals surface area contributed by atoms with Crippen LogP contribution >= 0.6 is 0 Å². The lowest BCUT2D eigenvalue weighted by atomic mass is 9.70. The highest BCUT2D eigenvalue weighted by atomic mass is 19.4. The monoisotopic (exact) mass is 518 g/mol. The van der Waals surface area contributed by atoms with Crippen LogP contribution in [0.4, 0.5) is 13.2 Å². The zero-order chi connectivity index (χ0) is 27.6. The van der Waals surface area contributed by atoms with E-state index in [2.05, 4.69) is 37.0 Å². The van der Waals surface area contributed by atoms with Crippen molar-refractivity contribution in [3.05, 3.63) is 64.0 Å². The maximum atomic E-state index is 13.1. The number of aryl methyl sites for hydroxylation is 2. The molecule has 1 aromatic heterocycles. The van der Waals surface area contributed by atoms with Crippen molar-refractivity contribution in [2.45, 2.75) is 77.8 Å². The Hall–Kier alpha value is -3.38. The summed E-state index contributed by atoms with van der Waals surface area (Å²) in [6.07, 6.45) is 7.58. The van der Waals surface area contributed by atoms with E-state index in [-0.39, 0.29) is 11.5 Å². The summed E-state index contributed by atoms with van der Waals surface area (Å²) in [6.45, 7) is 6.41. The highest BCUT2D eigenvalue weighted by Gasteiger charge is 2.40. The molecule has 0 saturated heterocycles. The summed E-state index contributed by atoms with van der Waals surface area (Å²) in [4.78, 5) is 17.1. The van der Waals surface area contributed by atoms with Crippen LogP contribution in [0.2, 0.25) is 0 Å². The van der Waals surface area contributed by atoms with Crippen molar-refractivity contribution in [3.8, 4) is 18.4 Å². The lowest BCUT2D eigenvalue weighted by molar-refractivity contribution is -0.157. The first-order chi connectivity index (χ1) is 18.0. The number of fused-ring (bicyclic) bond motifs is 1. The molecule has 0 N–H and O–H groups in total. The van der Waals surface area contributed by atoms with E-state index in [0.717, 1.165) is 16.7 Å². The lowest BCUT2D eigenvalue weighted by Gasteiger charge is -2.34. The molecule has 0 radical (unpaired) electrons. The SMILES string of the molecule is C#CC(CC(=O)c1ccc(C2=C(C#N)c3cc(C)c(C)cc3C(C)C(C3CCCCC3)C2)nc1)C(F)(F)F. The summed E-state index contributed by atoms with van der Waals surface area (Å²) in [5.74, 6) is -0.0194. The second-order valence-electron chi connectivity index (χ2n) is 10.9. The molecule has 1 aromatic carbocycles. The van der Waals surface area contributed by atoms with Gasteiger partial charge in [-0.15, -0.1) is 6.42 Å². The number of halogens is 3. The van der Waals surface area contributed by atoms with E-state index in [9.17, 15) is 23.2 Å². The number of aromatic nitrogens is 1. The Labute approximate surface area is 223 Å². The Balaban J connectivity index is 1.76. The molecule has 38 heavy (non-hydrogen) atoms. The predicted molar refractivity (Wildman–Crippen MR) is 143 cm³/mol. The lowest BCUT2D eigenvalue weighted by Crippen LogP contribution is -2.24. The number of allylic oxidation sites excluding steroid dienone is 2. The number of rotatable bonds is 5. The number of nitriles is 1. The van der Waals surface area contributed by atoms with E-state index in [1.807, 2.05) is 6.92 Å². The van der Waals surface area contributed by atoms with E-state index < -0.39 is 24.3 Å². The van der Waals surface area contributed by atoms with E-state index in [4.69, 9.17) is 6.42 Å².